The van der Waals surface area contributed by atoms with Crippen LogP contribution in [0.25, 0.3) is 0 Å². The molecule has 0 spiro atoms. The maximum Gasteiger partial charge on any atom is -0.0323 e. The fourth-order valence-electron chi connectivity index (χ4n) is 3.10. The van der Waals surface area contributed by atoms with Crippen LogP contribution in [0.4, 0.5) is 0 Å². The van der Waals surface area contributed by atoms with Crippen molar-refractivity contribution in [2.24, 2.45) is 0 Å². The zero-order valence-electron chi connectivity index (χ0n) is 15.9. The number of hydrogen-bond acceptors (Lipinski definition) is 0. The third-order valence-corrected chi connectivity index (χ3v) is 4.88. The standard InChI is InChI=1S/C22H44/c1-4-6-7-8-9-10-11-12-13-14-15-16-17-18-19-20-21-22(3)5-2/h3-21H2,1-2H3. The smallest absolute Gasteiger partial charge is 0.0323 e. The van der Waals surface area contributed by atoms with Crippen LogP contribution in [0, 0.1) is 0 Å². The van der Waals surface area contributed by atoms with E-state index in [0.717, 1.165) is 0 Å². The highest BCUT2D eigenvalue weighted by molar-refractivity contribution is 4.91. The van der Waals surface area contributed by atoms with Crippen molar-refractivity contribution < 1.29 is 0 Å². The molecule has 0 aromatic heterocycles. The summed E-state index contributed by atoms with van der Waals surface area (Å²) in [4.78, 5) is 0. The molecule has 0 radical (unpaired) electrons. The van der Waals surface area contributed by atoms with Gasteiger partial charge in [0.1, 0.15) is 0 Å². The van der Waals surface area contributed by atoms with Gasteiger partial charge in [-0.25, -0.2) is 0 Å². The molecular weight excluding hydrogens is 264 g/mol. The Morgan fingerprint density at radius 3 is 1.14 bits per heavy atom. The van der Waals surface area contributed by atoms with Gasteiger partial charge in [0.05, 0.1) is 0 Å². The van der Waals surface area contributed by atoms with E-state index in [1.165, 1.54) is 121 Å². The zero-order valence-corrected chi connectivity index (χ0v) is 15.9. The van der Waals surface area contributed by atoms with Gasteiger partial charge < -0.3 is 0 Å². The molecule has 0 aliphatic carbocycles. The lowest BCUT2D eigenvalue weighted by Gasteiger charge is -2.04. The zero-order chi connectivity index (χ0) is 16.3. The largest absolute Gasteiger partial charge is 0.0999 e. The fourth-order valence-corrected chi connectivity index (χ4v) is 3.10. The third kappa shape index (κ3) is 17.8. The highest BCUT2D eigenvalue weighted by Crippen LogP contribution is 2.15. The summed E-state index contributed by atoms with van der Waals surface area (Å²) in [5.74, 6) is 0. The summed E-state index contributed by atoms with van der Waals surface area (Å²) >= 11 is 0. The quantitative estimate of drug-likeness (QED) is 0.176. The molecule has 0 N–H and O–H groups in total. The average Bonchev–Trinajstić information content (AvgIpc) is 2.54. The van der Waals surface area contributed by atoms with E-state index < -0.39 is 0 Å². The molecule has 0 aromatic rings. The molecule has 0 fully saturated rings. The van der Waals surface area contributed by atoms with E-state index in [1.54, 1.807) is 0 Å². The molecule has 0 heterocycles. The molecule has 0 atom stereocenters. The molecule has 0 unspecified atom stereocenters. The highest BCUT2D eigenvalue weighted by Gasteiger charge is 1.95. The van der Waals surface area contributed by atoms with Gasteiger partial charge in [0.25, 0.3) is 0 Å². The summed E-state index contributed by atoms with van der Waals surface area (Å²) in [5.41, 5.74) is 1.44. The van der Waals surface area contributed by atoms with E-state index in [9.17, 15) is 0 Å². The summed E-state index contributed by atoms with van der Waals surface area (Å²) < 4.78 is 0. The molecule has 22 heavy (non-hydrogen) atoms. The Kier molecular flexibility index (Phi) is 18.6. The third-order valence-electron chi connectivity index (χ3n) is 4.88. The Labute approximate surface area is 142 Å². The molecule has 0 aliphatic rings. The minimum atomic E-state index is 1.17. The van der Waals surface area contributed by atoms with Gasteiger partial charge in [0.2, 0.25) is 0 Å². The van der Waals surface area contributed by atoms with Gasteiger partial charge in [-0.05, 0) is 19.3 Å². The normalized spacial score (nSPS) is 11.0. The molecule has 0 aliphatic heterocycles. The monoisotopic (exact) mass is 308 g/mol. The topological polar surface area (TPSA) is 0 Å². The number of unbranched alkanes of at least 4 members (excludes halogenated alkanes) is 15. The molecular formula is C22H44. The van der Waals surface area contributed by atoms with E-state index in [0.29, 0.717) is 0 Å². The minimum absolute atomic E-state index is 1.17. The summed E-state index contributed by atoms with van der Waals surface area (Å²) in [6.07, 6.45) is 25.6. The Hall–Kier alpha value is -0.260. The lowest BCUT2D eigenvalue weighted by molar-refractivity contribution is 0.529. The molecule has 0 heteroatoms. The van der Waals surface area contributed by atoms with Crippen molar-refractivity contribution in [3.63, 3.8) is 0 Å². The molecule has 0 amide bonds. The van der Waals surface area contributed by atoms with Gasteiger partial charge in [-0.3, -0.25) is 0 Å². The van der Waals surface area contributed by atoms with Crippen molar-refractivity contribution in [1.29, 1.82) is 0 Å². The maximum absolute atomic E-state index is 4.08. The molecule has 0 bridgehead atoms. The highest BCUT2D eigenvalue weighted by atomic mass is 14.0. The van der Waals surface area contributed by atoms with Crippen molar-refractivity contribution in [2.45, 2.75) is 129 Å². The Bertz CT molecular complexity index is 216. The van der Waals surface area contributed by atoms with Crippen LogP contribution >= 0.6 is 0 Å². The van der Waals surface area contributed by atoms with Gasteiger partial charge in [0, 0.05) is 0 Å². The second-order valence-corrected chi connectivity index (χ2v) is 7.16. The molecule has 0 aromatic carbocycles. The lowest BCUT2D eigenvalue weighted by atomic mass is 10.0. The number of allylic oxidation sites excluding steroid dienone is 1. The fraction of sp³-hybridized carbons (Fsp3) is 0.909. The minimum Gasteiger partial charge on any atom is -0.0999 e. The first-order valence-corrected chi connectivity index (χ1v) is 10.5. The van der Waals surface area contributed by atoms with E-state index in [-0.39, 0.29) is 0 Å². The molecule has 0 rings (SSSR count). The Morgan fingerprint density at radius 1 is 0.500 bits per heavy atom. The van der Waals surface area contributed by atoms with E-state index in [1.807, 2.05) is 0 Å². The summed E-state index contributed by atoms with van der Waals surface area (Å²) in [6, 6.07) is 0. The second-order valence-electron chi connectivity index (χ2n) is 7.16. The van der Waals surface area contributed by atoms with Crippen LogP contribution < -0.4 is 0 Å². The van der Waals surface area contributed by atoms with Crippen molar-refractivity contribution in [1.82, 2.24) is 0 Å². The first-order chi connectivity index (χ1) is 10.8. The van der Waals surface area contributed by atoms with Gasteiger partial charge in [0.15, 0.2) is 0 Å². The van der Waals surface area contributed by atoms with Crippen LogP contribution in [0.15, 0.2) is 12.2 Å². The van der Waals surface area contributed by atoms with Crippen molar-refractivity contribution >= 4 is 0 Å². The van der Waals surface area contributed by atoms with Crippen LogP contribution in [0.3, 0.4) is 0 Å². The Morgan fingerprint density at radius 2 is 0.818 bits per heavy atom. The van der Waals surface area contributed by atoms with Crippen molar-refractivity contribution in [3.8, 4) is 0 Å². The van der Waals surface area contributed by atoms with Gasteiger partial charge in [-0.1, -0.05) is 122 Å². The van der Waals surface area contributed by atoms with E-state index >= 15 is 0 Å². The summed E-state index contributed by atoms with van der Waals surface area (Å²) in [7, 11) is 0. The van der Waals surface area contributed by atoms with Crippen molar-refractivity contribution in [2.75, 3.05) is 0 Å². The van der Waals surface area contributed by atoms with Crippen LogP contribution in [0.1, 0.15) is 129 Å². The van der Waals surface area contributed by atoms with E-state index in [4.69, 9.17) is 0 Å². The lowest BCUT2D eigenvalue weighted by Crippen LogP contribution is -1.84. The van der Waals surface area contributed by atoms with Crippen LogP contribution in [0.2, 0.25) is 0 Å². The molecule has 0 saturated heterocycles. The maximum atomic E-state index is 4.08. The molecule has 0 nitrogen and oxygen atoms in total. The summed E-state index contributed by atoms with van der Waals surface area (Å²) in [6.45, 7) is 8.59. The molecule has 132 valence electrons. The van der Waals surface area contributed by atoms with Crippen molar-refractivity contribution in [3.05, 3.63) is 12.2 Å². The number of hydrogen-bond donors (Lipinski definition) is 0. The van der Waals surface area contributed by atoms with Crippen LogP contribution in [-0.4, -0.2) is 0 Å². The SMILES string of the molecule is C=C(CC)CCCCCCCCCCCCCCCCCC. The first-order valence-electron chi connectivity index (χ1n) is 10.5. The average molecular weight is 309 g/mol. The predicted molar refractivity (Wildman–Crippen MR) is 104 cm³/mol. The Balaban J connectivity index is 2.98. The molecule has 0 saturated carbocycles. The summed E-state index contributed by atoms with van der Waals surface area (Å²) in [5, 5.41) is 0. The van der Waals surface area contributed by atoms with Crippen LogP contribution in [0.5, 0.6) is 0 Å². The number of rotatable bonds is 18. The van der Waals surface area contributed by atoms with Gasteiger partial charge in [-0.15, -0.1) is 0 Å². The van der Waals surface area contributed by atoms with Gasteiger partial charge in [-0.2, -0.15) is 0 Å². The van der Waals surface area contributed by atoms with Gasteiger partial charge >= 0.3 is 0 Å². The second kappa shape index (κ2) is 18.8. The first kappa shape index (κ1) is 21.7. The van der Waals surface area contributed by atoms with E-state index in [2.05, 4.69) is 20.4 Å². The van der Waals surface area contributed by atoms with Crippen LogP contribution in [-0.2, 0) is 0 Å². The predicted octanol–water partition coefficient (Wildman–Crippen LogP) is 8.60.